The molecule has 0 spiro atoms. The number of benzene rings is 1. The van der Waals surface area contributed by atoms with Crippen molar-refractivity contribution in [2.45, 2.75) is 64.0 Å². The summed E-state index contributed by atoms with van der Waals surface area (Å²) in [5, 5.41) is 21.6. The molecule has 0 aliphatic carbocycles. The minimum Gasteiger partial charge on any atom is -0.389 e. The Morgan fingerprint density at radius 2 is 1.83 bits per heavy atom. The smallest absolute Gasteiger partial charge is 0.389 e. The first-order valence-corrected chi connectivity index (χ1v) is 12.6. The van der Waals surface area contributed by atoms with Gasteiger partial charge in [0, 0.05) is 30.3 Å². The van der Waals surface area contributed by atoms with E-state index < -0.39 is 39.8 Å². The van der Waals surface area contributed by atoms with Gasteiger partial charge in [-0.05, 0) is 40.5 Å². The van der Waals surface area contributed by atoms with Crippen LogP contribution >= 0.6 is 34.5 Å². The summed E-state index contributed by atoms with van der Waals surface area (Å²) in [6.45, 7) is 5.85. The molecule has 7 nitrogen and oxygen atoms in total. The molecule has 1 aromatic carbocycles. The molecule has 3 N–H and O–H groups in total. The van der Waals surface area contributed by atoms with Crippen molar-refractivity contribution in [3.63, 3.8) is 0 Å². The number of rotatable bonds is 6. The Labute approximate surface area is 220 Å². The molecule has 1 aliphatic heterocycles. The van der Waals surface area contributed by atoms with Crippen LogP contribution in [0.1, 0.15) is 66.4 Å². The number of nitrogens with zero attached hydrogens (tertiary/aromatic N) is 2. The summed E-state index contributed by atoms with van der Waals surface area (Å²) in [4.78, 5) is 32.1. The van der Waals surface area contributed by atoms with Crippen LogP contribution in [0, 0.1) is 0 Å². The van der Waals surface area contributed by atoms with E-state index in [1.54, 1.807) is 4.90 Å². The monoisotopic (exact) mass is 567 g/mol. The van der Waals surface area contributed by atoms with E-state index in [1.807, 2.05) is 6.92 Å². The van der Waals surface area contributed by atoms with Gasteiger partial charge >= 0.3 is 6.18 Å². The third-order valence-corrected chi connectivity index (χ3v) is 7.89. The van der Waals surface area contributed by atoms with Gasteiger partial charge in [-0.15, -0.1) is 11.3 Å². The fraction of sp³-hybridized carbons (Fsp3) is 0.522. The minimum absolute atomic E-state index is 0.0668. The van der Waals surface area contributed by atoms with E-state index in [9.17, 15) is 33.0 Å². The highest BCUT2D eigenvalue weighted by Gasteiger charge is 2.52. The van der Waals surface area contributed by atoms with Crippen LogP contribution in [-0.2, 0) is 5.60 Å². The number of halogens is 5. The molecule has 3 rings (SSSR count). The van der Waals surface area contributed by atoms with E-state index in [1.165, 1.54) is 19.9 Å². The summed E-state index contributed by atoms with van der Waals surface area (Å²) in [6, 6.07) is 2.13. The van der Waals surface area contributed by atoms with Crippen LogP contribution in [0.25, 0.3) is 10.4 Å². The van der Waals surface area contributed by atoms with Crippen LogP contribution < -0.4 is 5.32 Å². The van der Waals surface area contributed by atoms with E-state index in [2.05, 4.69) is 10.3 Å². The average molecular weight is 568 g/mol. The number of carbonyl (C=O) groups excluding carboxylic acids is 2. The maximum atomic E-state index is 13.4. The van der Waals surface area contributed by atoms with Gasteiger partial charge in [0.2, 0.25) is 0 Å². The minimum atomic E-state index is -5.02. The molecular weight excluding hydrogens is 542 g/mol. The van der Waals surface area contributed by atoms with E-state index in [0.29, 0.717) is 13.5 Å². The molecule has 36 heavy (non-hydrogen) atoms. The van der Waals surface area contributed by atoms with Crippen molar-refractivity contribution in [3.8, 4) is 10.4 Å². The number of carbonyl (C=O) groups is 2. The van der Waals surface area contributed by atoms with Crippen LogP contribution in [-0.4, -0.2) is 62.8 Å². The molecule has 1 fully saturated rings. The number of hydrogen-bond donors (Lipinski definition) is 3. The second-order valence-corrected chi connectivity index (χ2v) is 11.3. The van der Waals surface area contributed by atoms with E-state index in [-0.39, 0.29) is 38.8 Å². The van der Waals surface area contributed by atoms with Crippen molar-refractivity contribution in [1.29, 1.82) is 0 Å². The Morgan fingerprint density at radius 1 is 1.19 bits per heavy atom. The second kappa shape index (κ2) is 10.1. The van der Waals surface area contributed by atoms with Gasteiger partial charge in [0.25, 0.3) is 11.8 Å². The van der Waals surface area contributed by atoms with E-state index in [4.69, 9.17) is 23.2 Å². The van der Waals surface area contributed by atoms with Crippen LogP contribution in [0.2, 0.25) is 10.0 Å². The number of likely N-dealkylation sites (tertiary alicyclic amines) is 1. The topological polar surface area (TPSA) is 103 Å². The zero-order valence-corrected chi connectivity index (χ0v) is 22.3. The summed E-state index contributed by atoms with van der Waals surface area (Å²) < 4.78 is 40.2. The largest absolute Gasteiger partial charge is 0.421 e. The SMILES string of the molecule is C[C@H]1CCCN1C(=O)c1nc(C(=O)NCC(C)(C)O)sc1-c1ccc(C(C)(O)C(F)(F)F)c(Cl)c1Cl. The fourth-order valence-corrected chi connectivity index (χ4v) is 5.41. The van der Waals surface area contributed by atoms with Gasteiger partial charge < -0.3 is 20.4 Å². The molecule has 2 amide bonds. The van der Waals surface area contributed by atoms with Crippen LogP contribution in [0.15, 0.2) is 12.1 Å². The van der Waals surface area contributed by atoms with Gasteiger partial charge in [0.1, 0.15) is 5.69 Å². The third-order valence-electron chi connectivity index (χ3n) is 5.92. The number of thiazole rings is 1. The number of amides is 2. The molecule has 0 bridgehead atoms. The predicted molar refractivity (Wildman–Crippen MR) is 132 cm³/mol. The maximum absolute atomic E-state index is 13.4. The molecular formula is C23H26Cl2F3N3O4S. The molecule has 1 unspecified atom stereocenters. The number of hydrogen-bond acceptors (Lipinski definition) is 6. The third kappa shape index (κ3) is 5.65. The Kier molecular flexibility index (Phi) is 8.03. The van der Waals surface area contributed by atoms with Crippen molar-refractivity contribution < 1.29 is 33.0 Å². The molecule has 1 aromatic heterocycles. The molecule has 2 atom stereocenters. The summed E-state index contributed by atoms with van der Waals surface area (Å²) in [5.74, 6) is -1.10. The standard InChI is InChI=1S/C23H26Cl2F3N3O4S/c1-11-6-5-9-31(11)20(33)16-17(36-19(30-16)18(32)29-10-21(2,3)34)12-7-8-13(15(25)14(12)24)22(4,35)23(26,27)28/h7-8,11,34-35H,5-6,9-10H2,1-4H3,(H,29,32)/t11-,22?/m0/s1. The predicted octanol–water partition coefficient (Wildman–Crippen LogP) is 5.01. The van der Waals surface area contributed by atoms with Crippen molar-refractivity contribution in [2.75, 3.05) is 13.1 Å². The van der Waals surface area contributed by atoms with Gasteiger partial charge in [-0.25, -0.2) is 4.98 Å². The summed E-state index contributed by atoms with van der Waals surface area (Å²) in [7, 11) is 0. The summed E-state index contributed by atoms with van der Waals surface area (Å²) in [6.07, 6.45) is -3.44. The molecule has 0 radical (unpaired) electrons. The van der Waals surface area contributed by atoms with E-state index >= 15 is 0 Å². The first-order chi connectivity index (χ1) is 16.5. The molecule has 2 heterocycles. The highest BCUT2D eigenvalue weighted by molar-refractivity contribution is 7.17. The van der Waals surface area contributed by atoms with Crippen LogP contribution in [0.4, 0.5) is 13.2 Å². The van der Waals surface area contributed by atoms with Crippen molar-refractivity contribution in [2.24, 2.45) is 0 Å². The maximum Gasteiger partial charge on any atom is 0.421 e. The van der Waals surface area contributed by atoms with Crippen molar-refractivity contribution >= 4 is 46.4 Å². The van der Waals surface area contributed by atoms with Gasteiger partial charge in [-0.2, -0.15) is 13.2 Å². The number of nitrogens with one attached hydrogen (secondary N) is 1. The average Bonchev–Trinajstić information content (AvgIpc) is 3.38. The lowest BCUT2D eigenvalue weighted by Gasteiger charge is -2.28. The normalized spacial score (nSPS) is 18.3. The Morgan fingerprint density at radius 3 is 2.36 bits per heavy atom. The molecule has 1 saturated heterocycles. The zero-order chi connectivity index (χ0) is 27.2. The molecule has 13 heteroatoms. The first kappa shape index (κ1) is 28.6. The molecule has 198 valence electrons. The molecule has 0 saturated carbocycles. The van der Waals surface area contributed by atoms with Crippen LogP contribution in [0.5, 0.6) is 0 Å². The summed E-state index contributed by atoms with van der Waals surface area (Å²) in [5.41, 5.74) is -5.11. The van der Waals surface area contributed by atoms with Gasteiger partial charge in [-0.3, -0.25) is 9.59 Å². The summed E-state index contributed by atoms with van der Waals surface area (Å²) >= 11 is 13.4. The molecule has 1 aliphatic rings. The first-order valence-electron chi connectivity index (χ1n) is 11.1. The number of alkyl halides is 3. The van der Waals surface area contributed by atoms with Gasteiger partial charge in [0.05, 0.1) is 20.5 Å². The lowest BCUT2D eigenvalue weighted by Crippen LogP contribution is -2.39. The molecule has 2 aromatic rings. The Bertz CT molecular complexity index is 1180. The zero-order valence-electron chi connectivity index (χ0n) is 20.0. The highest BCUT2D eigenvalue weighted by atomic mass is 35.5. The quantitative estimate of drug-likeness (QED) is 0.455. The Hall–Kier alpha value is -1.92. The number of aliphatic hydroxyl groups is 2. The highest BCUT2D eigenvalue weighted by Crippen LogP contribution is 2.47. The van der Waals surface area contributed by atoms with Gasteiger partial charge in [0.15, 0.2) is 10.6 Å². The lowest BCUT2D eigenvalue weighted by molar-refractivity contribution is -0.258. The van der Waals surface area contributed by atoms with Gasteiger partial charge in [-0.1, -0.05) is 35.3 Å². The Balaban J connectivity index is 2.12. The second-order valence-electron chi connectivity index (χ2n) is 9.54. The lowest BCUT2D eigenvalue weighted by atomic mass is 9.94. The van der Waals surface area contributed by atoms with E-state index in [0.717, 1.165) is 30.2 Å². The number of aromatic nitrogens is 1. The van der Waals surface area contributed by atoms with Crippen molar-refractivity contribution in [3.05, 3.63) is 38.4 Å². The van der Waals surface area contributed by atoms with Crippen molar-refractivity contribution in [1.82, 2.24) is 15.2 Å². The van der Waals surface area contributed by atoms with Crippen LogP contribution in [0.3, 0.4) is 0 Å². The fourth-order valence-electron chi connectivity index (χ4n) is 3.74.